The molecule has 5 heteroatoms. The molecular formula is C29H39BrN2O2. The molecule has 1 aromatic heterocycles. The van der Waals surface area contributed by atoms with Crippen LogP contribution in [0.3, 0.4) is 0 Å². The van der Waals surface area contributed by atoms with Gasteiger partial charge in [-0.25, -0.2) is 0 Å². The highest BCUT2D eigenvalue weighted by molar-refractivity contribution is 9.10. The van der Waals surface area contributed by atoms with Crippen LogP contribution in [0.2, 0.25) is 0 Å². The normalized spacial score (nSPS) is 21.1. The van der Waals surface area contributed by atoms with Gasteiger partial charge in [-0.15, -0.1) is 0 Å². The standard InChI is InChI=1S/C27H33BrN2O2.C2H6/c1-18-2-5-24-21(14-18)3-4-22-16-23(28)17-29-27(22)26(24)20-6-10-30(11-7-20)25(31)15-19-8-12-32-13-9-19;1-2/h2,5,14,16-17,19-20,26H,3-4,6-13,15H2,1H3;1-2H3. The zero-order valence-electron chi connectivity index (χ0n) is 21.0. The second-order valence-electron chi connectivity index (χ2n) is 9.86. The lowest BCUT2D eigenvalue weighted by Crippen LogP contribution is -2.41. The van der Waals surface area contributed by atoms with Gasteiger partial charge < -0.3 is 9.64 Å². The van der Waals surface area contributed by atoms with E-state index in [1.54, 1.807) is 0 Å². The molecule has 3 heterocycles. The predicted octanol–water partition coefficient (Wildman–Crippen LogP) is 6.46. The summed E-state index contributed by atoms with van der Waals surface area (Å²) in [6, 6.07) is 9.23. The van der Waals surface area contributed by atoms with Crippen molar-refractivity contribution < 1.29 is 9.53 Å². The van der Waals surface area contributed by atoms with Crippen molar-refractivity contribution >= 4 is 21.8 Å². The zero-order valence-corrected chi connectivity index (χ0v) is 22.6. The number of benzene rings is 1. The average Bonchev–Trinajstić information content (AvgIpc) is 3.02. The van der Waals surface area contributed by atoms with Gasteiger partial charge in [0, 0.05) is 49.3 Å². The molecule has 4 nitrogen and oxygen atoms in total. The van der Waals surface area contributed by atoms with Gasteiger partial charge in [0.2, 0.25) is 5.91 Å². The second-order valence-corrected chi connectivity index (χ2v) is 10.8. The van der Waals surface area contributed by atoms with Crippen LogP contribution in [0.1, 0.15) is 79.8 Å². The van der Waals surface area contributed by atoms with E-state index in [0.29, 0.717) is 30.1 Å². The Balaban J connectivity index is 0.00000133. The van der Waals surface area contributed by atoms with Crippen LogP contribution in [-0.2, 0) is 22.4 Å². The maximum atomic E-state index is 12.9. The molecule has 1 amide bonds. The third kappa shape index (κ3) is 5.73. The number of ether oxygens (including phenoxy) is 1. The van der Waals surface area contributed by atoms with E-state index < -0.39 is 0 Å². The van der Waals surface area contributed by atoms with E-state index >= 15 is 0 Å². The van der Waals surface area contributed by atoms with Crippen molar-refractivity contribution in [2.45, 2.75) is 71.6 Å². The number of hydrogen-bond acceptors (Lipinski definition) is 3. The lowest BCUT2D eigenvalue weighted by Gasteiger charge is -2.37. The van der Waals surface area contributed by atoms with Gasteiger partial charge in [0.25, 0.3) is 0 Å². The number of pyridine rings is 1. The lowest BCUT2D eigenvalue weighted by molar-refractivity contribution is -0.134. The number of rotatable bonds is 3. The van der Waals surface area contributed by atoms with Gasteiger partial charge in [0.15, 0.2) is 0 Å². The second kappa shape index (κ2) is 11.8. The molecule has 1 aliphatic carbocycles. The Morgan fingerprint density at radius 1 is 1.06 bits per heavy atom. The van der Waals surface area contributed by atoms with Crippen molar-refractivity contribution in [1.82, 2.24) is 9.88 Å². The van der Waals surface area contributed by atoms with Crippen LogP contribution in [-0.4, -0.2) is 42.1 Å². The topological polar surface area (TPSA) is 42.4 Å². The molecule has 2 saturated heterocycles. The Labute approximate surface area is 213 Å². The Morgan fingerprint density at radius 2 is 1.76 bits per heavy atom. The molecule has 0 bridgehead atoms. The van der Waals surface area contributed by atoms with E-state index in [9.17, 15) is 4.79 Å². The van der Waals surface area contributed by atoms with Crippen molar-refractivity contribution in [1.29, 1.82) is 0 Å². The number of hydrogen-bond donors (Lipinski definition) is 0. The minimum absolute atomic E-state index is 0.323. The van der Waals surface area contributed by atoms with Crippen LogP contribution in [0.5, 0.6) is 0 Å². The fourth-order valence-corrected chi connectivity index (χ4v) is 6.31. The fourth-order valence-electron chi connectivity index (χ4n) is 5.93. The number of carbonyl (C=O) groups is 1. The van der Waals surface area contributed by atoms with Crippen molar-refractivity contribution in [2.75, 3.05) is 26.3 Å². The summed E-state index contributed by atoms with van der Waals surface area (Å²) in [5, 5.41) is 0. The van der Waals surface area contributed by atoms with E-state index in [1.165, 1.54) is 27.9 Å². The molecule has 1 unspecified atom stereocenters. The largest absolute Gasteiger partial charge is 0.381 e. The van der Waals surface area contributed by atoms with Crippen LogP contribution >= 0.6 is 15.9 Å². The van der Waals surface area contributed by atoms with Gasteiger partial charge in [-0.05, 0) is 96.0 Å². The first-order valence-electron chi connectivity index (χ1n) is 13.2. The van der Waals surface area contributed by atoms with Gasteiger partial charge in [0.05, 0.1) is 5.69 Å². The van der Waals surface area contributed by atoms with Gasteiger partial charge in [0.1, 0.15) is 0 Å². The molecule has 1 atom stereocenters. The van der Waals surface area contributed by atoms with E-state index in [2.05, 4.69) is 52.0 Å². The van der Waals surface area contributed by atoms with Crippen molar-refractivity contribution in [3.63, 3.8) is 0 Å². The summed E-state index contributed by atoms with van der Waals surface area (Å²) in [6.45, 7) is 9.55. The van der Waals surface area contributed by atoms with E-state index in [-0.39, 0.29) is 0 Å². The van der Waals surface area contributed by atoms with E-state index in [1.807, 2.05) is 20.0 Å². The summed E-state index contributed by atoms with van der Waals surface area (Å²) in [5.74, 6) is 1.69. The smallest absolute Gasteiger partial charge is 0.222 e. The summed E-state index contributed by atoms with van der Waals surface area (Å²) in [4.78, 5) is 20.0. The maximum Gasteiger partial charge on any atom is 0.222 e. The van der Waals surface area contributed by atoms with Crippen molar-refractivity contribution in [3.05, 3.63) is 62.9 Å². The van der Waals surface area contributed by atoms with Gasteiger partial charge >= 0.3 is 0 Å². The number of halogens is 1. The third-order valence-electron chi connectivity index (χ3n) is 7.73. The summed E-state index contributed by atoms with van der Waals surface area (Å²) in [5.41, 5.74) is 6.88. The molecule has 184 valence electrons. The number of carbonyl (C=O) groups excluding carboxylic acids is 1. The van der Waals surface area contributed by atoms with Gasteiger partial charge in [-0.3, -0.25) is 9.78 Å². The molecular weight excluding hydrogens is 488 g/mol. The number of amides is 1. The molecule has 0 N–H and O–H groups in total. The average molecular weight is 528 g/mol. The van der Waals surface area contributed by atoms with Crippen LogP contribution in [0, 0.1) is 18.8 Å². The molecule has 3 aliphatic rings. The molecule has 0 saturated carbocycles. The molecule has 2 aliphatic heterocycles. The monoisotopic (exact) mass is 526 g/mol. The Kier molecular flexibility index (Phi) is 8.81. The first kappa shape index (κ1) is 25.4. The minimum atomic E-state index is 0.323. The highest BCUT2D eigenvalue weighted by Crippen LogP contribution is 2.43. The van der Waals surface area contributed by atoms with E-state index in [0.717, 1.165) is 69.3 Å². The van der Waals surface area contributed by atoms with Crippen LogP contribution in [0.4, 0.5) is 0 Å². The van der Waals surface area contributed by atoms with Crippen LogP contribution < -0.4 is 0 Å². The Bertz CT molecular complexity index is 925. The number of likely N-dealkylation sites (tertiary alicyclic amines) is 1. The summed E-state index contributed by atoms with van der Waals surface area (Å²) >= 11 is 3.63. The third-order valence-corrected chi connectivity index (χ3v) is 8.16. The molecule has 0 spiro atoms. The molecule has 5 rings (SSSR count). The fraction of sp³-hybridized carbons (Fsp3) is 0.586. The Morgan fingerprint density at radius 3 is 2.50 bits per heavy atom. The summed E-state index contributed by atoms with van der Waals surface area (Å²) in [7, 11) is 0. The molecule has 0 radical (unpaired) electrons. The first-order valence-corrected chi connectivity index (χ1v) is 14.0. The first-order chi connectivity index (χ1) is 16.6. The molecule has 34 heavy (non-hydrogen) atoms. The SMILES string of the molecule is CC.Cc1ccc2c(c1)CCc1cc(Br)cnc1C2C1CCN(C(=O)CC2CCOCC2)CC1. The predicted molar refractivity (Wildman–Crippen MR) is 141 cm³/mol. The summed E-state index contributed by atoms with van der Waals surface area (Å²) in [6.07, 6.45) is 8.91. The van der Waals surface area contributed by atoms with E-state index in [4.69, 9.17) is 9.72 Å². The Hall–Kier alpha value is -1.72. The number of piperidine rings is 1. The zero-order chi connectivity index (χ0) is 24.1. The molecule has 2 aromatic rings. The number of nitrogens with zero attached hydrogens (tertiary/aromatic N) is 2. The highest BCUT2D eigenvalue weighted by Gasteiger charge is 2.35. The van der Waals surface area contributed by atoms with Crippen molar-refractivity contribution in [2.24, 2.45) is 11.8 Å². The maximum absolute atomic E-state index is 12.9. The quantitative estimate of drug-likeness (QED) is 0.460. The number of aryl methyl sites for hydroxylation is 3. The molecule has 2 fully saturated rings. The van der Waals surface area contributed by atoms with Crippen LogP contribution in [0.25, 0.3) is 0 Å². The van der Waals surface area contributed by atoms with Gasteiger partial charge in [-0.1, -0.05) is 37.6 Å². The minimum Gasteiger partial charge on any atom is -0.381 e. The highest BCUT2D eigenvalue weighted by atomic mass is 79.9. The summed E-state index contributed by atoms with van der Waals surface area (Å²) < 4.78 is 6.52. The number of aromatic nitrogens is 1. The molecule has 1 aromatic carbocycles. The number of fused-ring (bicyclic) bond motifs is 2. The van der Waals surface area contributed by atoms with Crippen LogP contribution in [0.15, 0.2) is 34.9 Å². The lowest BCUT2D eigenvalue weighted by atomic mass is 9.76. The van der Waals surface area contributed by atoms with Gasteiger partial charge in [-0.2, -0.15) is 0 Å². The van der Waals surface area contributed by atoms with Crippen molar-refractivity contribution in [3.8, 4) is 0 Å².